The quantitative estimate of drug-likeness (QED) is 0.398. The smallest absolute Gasteiger partial charge is 0.354 e. The molecule has 1 saturated heterocycles. The van der Waals surface area contributed by atoms with Crippen molar-refractivity contribution in [1.82, 2.24) is 10.3 Å². The molecular formula is C21H24F4N4O5S2. The predicted octanol–water partition coefficient (Wildman–Crippen LogP) is 1.86. The Labute approximate surface area is 207 Å². The molecule has 1 aliphatic rings. The molecule has 1 fully saturated rings. The number of hydrogen-bond donors (Lipinski definition) is 2. The molecule has 2 aromatic rings. The standard InChI is InChI=1S/C21H24F4N4O5S2/c1-13(14-3-5-17(16(22)11-14)28(2)35(31)32)20(30)26-12-15-4-6-18(21(23,24)25)27-19(15)29-7-9-36(33,34)10-8-29/h3-6,11,13,35H,7-10,12H2,1-2H3,(H,26,30). The Morgan fingerprint density at radius 2 is 1.83 bits per heavy atom. The van der Waals surface area contributed by atoms with E-state index in [9.17, 15) is 39.2 Å². The zero-order valence-electron chi connectivity index (χ0n) is 19.2. The van der Waals surface area contributed by atoms with Crippen LogP contribution in [0.1, 0.15) is 29.7 Å². The van der Waals surface area contributed by atoms with Gasteiger partial charge in [-0.05, 0) is 30.7 Å². The van der Waals surface area contributed by atoms with Crippen molar-refractivity contribution in [3.63, 3.8) is 0 Å². The average Bonchev–Trinajstić information content (AvgIpc) is 2.80. The largest absolute Gasteiger partial charge is 0.433 e. The van der Waals surface area contributed by atoms with Gasteiger partial charge in [-0.3, -0.25) is 9.10 Å². The number of amides is 1. The zero-order valence-corrected chi connectivity index (χ0v) is 21.0. The Morgan fingerprint density at radius 3 is 2.39 bits per heavy atom. The number of carbonyl (C=O) groups is 1. The lowest BCUT2D eigenvalue weighted by atomic mass is 9.99. The number of halogens is 4. The minimum atomic E-state index is -4.71. The van der Waals surface area contributed by atoms with Gasteiger partial charge in [-0.25, -0.2) is 26.2 Å². The van der Waals surface area contributed by atoms with Crippen molar-refractivity contribution in [2.45, 2.75) is 25.6 Å². The number of hydrogen-bond acceptors (Lipinski definition) is 7. The number of benzene rings is 1. The highest BCUT2D eigenvalue weighted by Crippen LogP contribution is 2.31. The van der Waals surface area contributed by atoms with E-state index in [-0.39, 0.29) is 53.8 Å². The van der Waals surface area contributed by atoms with Crippen LogP contribution in [0.3, 0.4) is 0 Å². The first-order chi connectivity index (χ1) is 16.7. The van der Waals surface area contributed by atoms with Gasteiger partial charge in [0.1, 0.15) is 17.3 Å². The number of aromatic nitrogens is 1. The molecule has 0 aliphatic carbocycles. The molecule has 1 aromatic heterocycles. The summed E-state index contributed by atoms with van der Waals surface area (Å²) in [5, 5.41) is 2.59. The summed E-state index contributed by atoms with van der Waals surface area (Å²) in [5.41, 5.74) is -0.818. The molecular weight excluding hydrogens is 528 g/mol. The first kappa shape index (κ1) is 27.6. The number of nitrogens with zero attached hydrogens (tertiary/aromatic N) is 3. The van der Waals surface area contributed by atoms with Gasteiger partial charge in [0.05, 0.1) is 23.1 Å². The topological polar surface area (TPSA) is 117 Å². The molecule has 0 saturated carbocycles. The van der Waals surface area contributed by atoms with E-state index in [1.54, 1.807) is 0 Å². The molecule has 0 spiro atoms. The maximum atomic E-state index is 14.4. The fourth-order valence-corrected chi connectivity index (χ4v) is 5.14. The fraction of sp³-hybridized carbons (Fsp3) is 0.429. The van der Waals surface area contributed by atoms with Gasteiger partial charge in [0, 0.05) is 32.2 Å². The summed E-state index contributed by atoms with van der Waals surface area (Å²) in [6, 6.07) is 5.61. The molecule has 1 N–H and O–H groups in total. The van der Waals surface area contributed by atoms with Crippen molar-refractivity contribution in [3.05, 3.63) is 53.0 Å². The van der Waals surface area contributed by atoms with Crippen LogP contribution in [0.4, 0.5) is 29.1 Å². The van der Waals surface area contributed by atoms with Crippen molar-refractivity contribution < 1.29 is 39.2 Å². The minimum Gasteiger partial charge on any atom is -0.354 e. The second-order valence-electron chi connectivity index (χ2n) is 8.23. The maximum absolute atomic E-state index is 14.4. The lowest BCUT2D eigenvalue weighted by Crippen LogP contribution is -2.41. The number of rotatable bonds is 7. The SMILES string of the molecule is CC(C(=O)NCc1ccc(C(F)(F)F)nc1N1CCS(=O)(=O)CC1)c1ccc(N(C)[SH](=O)=O)c(F)c1. The number of sulfone groups is 1. The molecule has 1 unspecified atom stereocenters. The van der Waals surface area contributed by atoms with Crippen molar-refractivity contribution in [3.8, 4) is 0 Å². The third-order valence-corrected chi connectivity index (χ3v) is 8.12. The highest BCUT2D eigenvalue weighted by atomic mass is 32.2. The fourth-order valence-electron chi connectivity index (χ4n) is 3.60. The Morgan fingerprint density at radius 1 is 1.19 bits per heavy atom. The Hall–Kier alpha value is -2.94. The van der Waals surface area contributed by atoms with Crippen molar-refractivity contribution in [1.29, 1.82) is 0 Å². The number of pyridine rings is 1. The van der Waals surface area contributed by atoms with Gasteiger partial charge in [-0.15, -0.1) is 0 Å². The molecule has 1 aromatic carbocycles. The van der Waals surface area contributed by atoms with E-state index in [0.717, 1.165) is 16.4 Å². The molecule has 3 rings (SSSR count). The van der Waals surface area contributed by atoms with E-state index >= 15 is 0 Å². The highest BCUT2D eigenvalue weighted by molar-refractivity contribution is 7.91. The van der Waals surface area contributed by atoms with Crippen LogP contribution in [0.15, 0.2) is 30.3 Å². The lowest BCUT2D eigenvalue weighted by Gasteiger charge is -2.30. The van der Waals surface area contributed by atoms with Crippen molar-refractivity contribution >= 4 is 38.1 Å². The molecule has 0 bridgehead atoms. The third-order valence-electron chi connectivity index (χ3n) is 5.80. The molecule has 1 atom stereocenters. The van der Waals surface area contributed by atoms with E-state index in [2.05, 4.69) is 10.3 Å². The van der Waals surface area contributed by atoms with E-state index < -0.39 is 50.2 Å². The van der Waals surface area contributed by atoms with E-state index in [1.165, 1.54) is 37.1 Å². The van der Waals surface area contributed by atoms with Crippen LogP contribution < -0.4 is 14.5 Å². The summed E-state index contributed by atoms with van der Waals surface area (Å²) >= 11 is 0. The predicted molar refractivity (Wildman–Crippen MR) is 125 cm³/mol. The summed E-state index contributed by atoms with van der Waals surface area (Å²) in [7, 11) is -5.16. The van der Waals surface area contributed by atoms with Crippen LogP contribution in [-0.2, 0) is 38.2 Å². The van der Waals surface area contributed by atoms with Gasteiger partial charge in [-0.2, -0.15) is 13.2 Å². The monoisotopic (exact) mass is 552 g/mol. The van der Waals surface area contributed by atoms with E-state index in [1.807, 2.05) is 0 Å². The lowest BCUT2D eigenvalue weighted by molar-refractivity contribution is -0.141. The van der Waals surface area contributed by atoms with Crippen LogP contribution in [0.5, 0.6) is 0 Å². The summed E-state index contributed by atoms with van der Waals surface area (Å²) in [6.45, 7) is 1.21. The van der Waals surface area contributed by atoms with Crippen molar-refractivity contribution in [2.75, 3.05) is 40.8 Å². The number of thiol groups is 1. The van der Waals surface area contributed by atoms with E-state index in [0.29, 0.717) is 0 Å². The second kappa shape index (κ2) is 10.6. The number of nitrogens with one attached hydrogen (secondary N) is 1. The van der Waals surface area contributed by atoms with Gasteiger partial charge in [0.15, 0.2) is 9.84 Å². The van der Waals surface area contributed by atoms with Crippen molar-refractivity contribution in [2.24, 2.45) is 0 Å². The molecule has 2 heterocycles. The molecule has 36 heavy (non-hydrogen) atoms. The van der Waals surface area contributed by atoms with Gasteiger partial charge in [0.25, 0.3) is 0 Å². The van der Waals surface area contributed by atoms with Gasteiger partial charge >= 0.3 is 6.18 Å². The molecule has 1 amide bonds. The van der Waals surface area contributed by atoms with Gasteiger partial charge < -0.3 is 10.2 Å². The zero-order chi connectivity index (χ0) is 26.8. The average molecular weight is 553 g/mol. The molecule has 0 radical (unpaired) electrons. The number of anilines is 2. The summed E-state index contributed by atoms with van der Waals surface area (Å²) in [6.07, 6.45) is -4.71. The van der Waals surface area contributed by atoms with Crippen LogP contribution in [-0.4, -0.2) is 59.4 Å². The van der Waals surface area contributed by atoms with Gasteiger partial charge in [-0.1, -0.05) is 12.1 Å². The molecule has 198 valence electrons. The first-order valence-corrected chi connectivity index (χ1v) is 13.6. The molecule has 15 heteroatoms. The summed E-state index contributed by atoms with van der Waals surface area (Å²) < 4.78 is 100. The van der Waals surface area contributed by atoms with Crippen LogP contribution in [0.25, 0.3) is 0 Å². The van der Waals surface area contributed by atoms with E-state index in [4.69, 9.17) is 0 Å². The van der Waals surface area contributed by atoms with Crippen LogP contribution in [0.2, 0.25) is 0 Å². The Kier molecular flexibility index (Phi) is 8.13. The Bertz CT molecular complexity index is 1310. The number of carbonyl (C=O) groups excluding carboxylic acids is 1. The molecule has 1 aliphatic heterocycles. The van der Waals surface area contributed by atoms with Gasteiger partial charge in [0.2, 0.25) is 16.8 Å². The summed E-state index contributed by atoms with van der Waals surface area (Å²) in [4.78, 5) is 17.9. The summed E-state index contributed by atoms with van der Waals surface area (Å²) in [5.74, 6) is -2.81. The van der Waals surface area contributed by atoms with Crippen LogP contribution >= 0.6 is 0 Å². The maximum Gasteiger partial charge on any atom is 0.433 e. The molecule has 9 nitrogen and oxygen atoms in total. The Balaban J connectivity index is 1.79. The normalized spacial score (nSPS) is 16.6. The minimum absolute atomic E-state index is 0.0387. The third kappa shape index (κ3) is 6.43. The van der Waals surface area contributed by atoms with Crippen LogP contribution in [0, 0.1) is 5.82 Å². The first-order valence-electron chi connectivity index (χ1n) is 10.7. The second-order valence-corrected chi connectivity index (χ2v) is 11.6. The number of alkyl halides is 3. The highest BCUT2D eigenvalue weighted by Gasteiger charge is 2.34.